The van der Waals surface area contributed by atoms with E-state index < -0.39 is 35.8 Å². The van der Waals surface area contributed by atoms with Gasteiger partial charge in [-0.1, -0.05) is 50.6 Å². The summed E-state index contributed by atoms with van der Waals surface area (Å²) in [5, 5.41) is 9.52. The Morgan fingerprint density at radius 1 is 1.09 bits per heavy atom. The third-order valence-electron chi connectivity index (χ3n) is 6.43. The molecule has 0 aliphatic heterocycles. The van der Waals surface area contributed by atoms with Gasteiger partial charge in [0, 0.05) is 12.5 Å². The van der Waals surface area contributed by atoms with Crippen LogP contribution in [0.25, 0.3) is 0 Å². The van der Waals surface area contributed by atoms with Gasteiger partial charge in [0.1, 0.15) is 5.57 Å². The summed E-state index contributed by atoms with van der Waals surface area (Å²) in [5.41, 5.74) is -0.759. The van der Waals surface area contributed by atoms with E-state index in [2.05, 4.69) is 18.2 Å². The minimum atomic E-state index is -4.87. The smallest absolute Gasteiger partial charge is 0.422 e. The molecule has 1 aromatic rings. The summed E-state index contributed by atoms with van der Waals surface area (Å²) in [6.07, 6.45) is -2.48. The first-order valence-corrected chi connectivity index (χ1v) is 12.1. The van der Waals surface area contributed by atoms with Gasteiger partial charge in [0.2, 0.25) is 0 Å². The SMILES string of the molecule is C=C(C(=O)OCC(CO)CC1CCC(OC(F)(F)c2ccc(CCCCC)cc2)CC1)C(F)(F)F. The number of aliphatic hydroxyl groups is 1. The second-order valence-corrected chi connectivity index (χ2v) is 9.29. The van der Waals surface area contributed by atoms with Crippen LogP contribution >= 0.6 is 0 Å². The van der Waals surface area contributed by atoms with Crippen LogP contribution in [0.1, 0.15) is 69.4 Å². The Balaban J connectivity index is 1.78. The van der Waals surface area contributed by atoms with E-state index in [-0.39, 0.29) is 24.7 Å². The molecular weight excluding hydrogens is 471 g/mol. The van der Waals surface area contributed by atoms with Crippen molar-refractivity contribution in [2.75, 3.05) is 13.2 Å². The van der Waals surface area contributed by atoms with Crippen LogP contribution in [-0.4, -0.2) is 36.6 Å². The Morgan fingerprint density at radius 2 is 1.71 bits per heavy atom. The number of aryl methyl sites for hydroxylation is 1. The quantitative estimate of drug-likeness (QED) is 0.140. The molecule has 0 saturated heterocycles. The monoisotopic (exact) mass is 506 g/mol. The van der Waals surface area contributed by atoms with Crippen molar-refractivity contribution in [3.8, 4) is 0 Å². The zero-order valence-corrected chi connectivity index (χ0v) is 20.1. The maximum atomic E-state index is 14.7. The van der Waals surface area contributed by atoms with Crippen molar-refractivity contribution < 1.29 is 41.3 Å². The van der Waals surface area contributed by atoms with E-state index in [4.69, 9.17) is 4.74 Å². The molecule has 9 heteroatoms. The molecule has 1 aromatic carbocycles. The van der Waals surface area contributed by atoms with Gasteiger partial charge in [0.15, 0.2) is 0 Å². The number of rotatable bonds is 13. The second-order valence-electron chi connectivity index (χ2n) is 9.29. The van der Waals surface area contributed by atoms with Crippen LogP contribution in [0.2, 0.25) is 0 Å². The molecule has 1 atom stereocenters. The summed E-state index contributed by atoms with van der Waals surface area (Å²) in [6, 6.07) is 6.25. The third kappa shape index (κ3) is 9.52. The first-order chi connectivity index (χ1) is 16.5. The predicted octanol–water partition coefficient (Wildman–Crippen LogP) is 6.70. The van der Waals surface area contributed by atoms with Gasteiger partial charge in [-0.15, -0.1) is 0 Å². The number of hydrogen-bond donors (Lipinski definition) is 1. The Hall–Kier alpha value is -2.00. The molecule has 0 bridgehead atoms. The highest BCUT2D eigenvalue weighted by atomic mass is 19.4. The molecule has 1 fully saturated rings. The summed E-state index contributed by atoms with van der Waals surface area (Å²) in [5.74, 6) is -2.04. The number of benzene rings is 1. The molecule has 0 heterocycles. The van der Waals surface area contributed by atoms with Crippen LogP contribution < -0.4 is 0 Å². The van der Waals surface area contributed by atoms with Crippen molar-refractivity contribution in [3.63, 3.8) is 0 Å². The van der Waals surface area contributed by atoms with Gasteiger partial charge in [0.25, 0.3) is 0 Å². The van der Waals surface area contributed by atoms with Gasteiger partial charge in [-0.2, -0.15) is 22.0 Å². The molecule has 0 spiro atoms. The van der Waals surface area contributed by atoms with Crippen LogP contribution in [0.15, 0.2) is 36.4 Å². The minimum Gasteiger partial charge on any atom is -0.462 e. The number of aliphatic hydroxyl groups excluding tert-OH is 1. The van der Waals surface area contributed by atoms with Crippen molar-refractivity contribution in [2.45, 2.75) is 83.1 Å². The number of esters is 1. The van der Waals surface area contributed by atoms with E-state index in [0.29, 0.717) is 32.1 Å². The fourth-order valence-electron chi connectivity index (χ4n) is 4.27. The Morgan fingerprint density at radius 3 is 2.26 bits per heavy atom. The van der Waals surface area contributed by atoms with E-state index >= 15 is 0 Å². The van der Waals surface area contributed by atoms with Gasteiger partial charge in [-0.05, 0) is 56.4 Å². The van der Waals surface area contributed by atoms with Gasteiger partial charge in [0.05, 0.1) is 18.3 Å². The van der Waals surface area contributed by atoms with Crippen molar-refractivity contribution in [1.29, 1.82) is 0 Å². The third-order valence-corrected chi connectivity index (χ3v) is 6.43. The fraction of sp³-hybridized carbons (Fsp3) is 0.654. The molecule has 0 amide bonds. The van der Waals surface area contributed by atoms with Crippen LogP contribution in [-0.2, 0) is 26.8 Å². The number of hydrogen-bond acceptors (Lipinski definition) is 4. The molecule has 0 radical (unpaired) electrons. The maximum Gasteiger partial charge on any atom is 0.422 e. The second kappa shape index (κ2) is 13.3. The lowest BCUT2D eigenvalue weighted by molar-refractivity contribution is -0.278. The van der Waals surface area contributed by atoms with Gasteiger partial charge in [-0.3, -0.25) is 0 Å². The number of halogens is 5. The van der Waals surface area contributed by atoms with Crippen molar-refractivity contribution in [1.82, 2.24) is 0 Å². The molecule has 1 saturated carbocycles. The lowest BCUT2D eigenvalue weighted by atomic mass is 9.82. The zero-order chi connectivity index (χ0) is 26.1. The average Bonchev–Trinajstić information content (AvgIpc) is 2.82. The molecule has 198 valence electrons. The molecule has 35 heavy (non-hydrogen) atoms. The largest absolute Gasteiger partial charge is 0.462 e. The summed E-state index contributed by atoms with van der Waals surface area (Å²) >= 11 is 0. The van der Waals surface area contributed by atoms with Crippen molar-refractivity contribution >= 4 is 5.97 Å². The summed E-state index contributed by atoms with van der Waals surface area (Å²) in [4.78, 5) is 11.5. The van der Waals surface area contributed by atoms with E-state index in [0.717, 1.165) is 31.2 Å². The van der Waals surface area contributed by atoms with Gasteiger partial charge < -0.3 is 14.6 Å². The topological polar surface area (TPSA) is 55.8 Å². The van der Waals surface area contributed by atoms with E-state index in [1.807, 2.05) is 0 Å². The van der Waals surface area contributed by atoms with Crippen LogP contribution in [0.5, 0.6) is 0 Å². The molecule has 0 aromatic heterocycles. The normalized spacial score (nSPS) is 19.9. The number of ether oxygens (including phenoxy) is 2. The lowest BCUT2D eigenvalue weighted by Gasteiger charge is -2.32. The molecule has 1 unspecified atom stereocenters. The summed E-state index contributed by atoms with van der Waals surface area (Å²) in [7, 11) is 0. The van der Waals surface area contributed by atoms with Crippen LogP contribution in [0.4, 0.5) is 22.0 Å². The summed E-state index contributed by atoms with van der Waals surface area (Å²) < 4.78 is 76.7. The average molecular weight is 507 g/mol. The lowest BCUT2D eigenvalue weighted by Crippen LogP contribution is -2.31. The Bertz CT molecular complexity index is 799. The number of carbonyl (C=O) groups excluding carboxylic acids is 1. The number of carbonyl (C=O) groups is 1. The van der Waals surface area contributed by atoms with Crippen molar-refractivity contribution in [3.05, 3.63) is 47.5 Å². The zero-order valence-electron chi connectivity index (χ0n) is 20.1. The van der Waals surface area contributed by atoms with Crippen LogP contribution in [0.3, 0.4) is 0 Å². The first kappa shape index (κ1) is 29.2. The van der Waals surface area contributed by atoms with E-state index in [9.17, 15) is 31.9 Å². The number of alkyl halides is 5. The maximum absolute atomic E-state index is 14.7. The van der Waals surface area contributed by atoms with Gasteiger partial charge in [-0.25, -0.2) is 4.79 Å². The predicted molar refractivity (Wildman–Crippen MR) is 122 cm³/mol. The van der Waals surface area contributed by atoms with Gasteiger partial charge >= 0.3 is 18.3 Å². The molecule has 1 aliphatic rings. The Labute approximate surface area is 203 Å². The molecule has 1 N–H and O–H groups in total. The highest BCUT2D eigenvalue weighted by Crippen LogP contribution is 2.37. The fourth-order valence-corrected chi connectivity index (χ4v) is 4.27. The molecule has 4 nitrogen and oxygen atoms in total. The van der Waals surface area contributed by atoms with E-state index in [1.54, 1.807) is 12.1 Å². The van der Waals surface area contributed by atoms with Crippen LogP contribution in [0, 0.1) is 11.8 Å². The molecule has 2 rings (SSSR count). The van der Waals surface area contributed by atoms with Crippen molar-refractivity contribution in [2.24, 2.45) is 11.8 Å². The Kier molecular flexibility index (Phi) is 11.1. The standard InChI is InChI=1S/C26H35F5O4/c1-3-4-5-6-19-7-11-22(12-8-19)26(30,31)35-23-13-9-20(10-14-23)15-21(16-32)17-34-24(33)18(2)25(27,28)29/h7-8,11-12,20-21,23,32H,2-6,9-10,13-17H2,1H3. The summed E-state index contributed by atoms with van der Waals surface area (Å²) in [6.45, 7) is 4.06. The highest BCUT2D eigenvalue weighted by Gasteiger charge is 2.39. The molecule has 1 aliphatic carbocycles. The minimum absolute atomic E-state index is 0.0625. The van der Waals surface area contributed by atoms with E-state index in [1.165, 1.54) is 12.1 Å². The molecular formula is C26H35F5O4. The highest BCUT2D eigenvalue weighted by molar-refractivity contribution is 5.89. The number of unbranched alkanes of at least 4 members (excludes halogenated alkanes) is 2. The first-order valence-electron chi connectivity index (χ1n) is 12.1.